The molecule has 0 unspecified atom stereocenters. The van der Waals surface area contributed by atoms with E-state index < -0.39 is 0 Å². The number of methoxy groups -OCH3 is 1. The highest BCUT2D eigenvalue weighted by atomic mass is 16.5. The Hall–Kier alpha value is -1.76. The van der Waals surface area contributed by atoms with E-state index in [2.05, 4.69) is 42.5 Å². The van der Waals surface area contributed by atoms with Crippen molar-refractivity contribution in [3.05, 3.63) is 65.7 Å². The molecule has 0 atom stereocenters. The number of aryl methyl sites for hydroxylation is 2. The van der Waals surface area contributed by atoms with Crippen molar-refractivity contribution in [1.29, 1.82) is 0 Å². The number of hydrogen-bond acceptors (Lipinski definition) is 1. The van der Waals surface area contributed by atoms with Crippen molar-refractivity contribution in [3.8, 4) is 5.75 Å². The quantitative estimate of drug-likeness (QED) is 0.609. The third-order valence-corrected chi connectivity index (χ3v) is 3.68. The van der Waals surface area contributed by atoms with Crippen LogP contribution in [0.25, 0.3) is 0 Å². The first kappa shape index (κ1) is 14.6. The van der Waals surface area contributed by atoms with Crippen LogP contribution in [0.2, 0.25) is 0 Å². The smallest absolute Gasteiger partial charge is 0.118 e. The minimum atomic E-state index is 0.941. The Kier molecular flexibility index (Phi) is 6.16. The van der Waals surface area contributed by atoms with Crippen LogP contribution in [0.5, 0.6) is 5.75 Å². The van der Waals surface area contributed by atoms with Gasteiger partial charge in [-0.3, -0.25) is 0 Å². The van der Waals surface area contributed by atoms with Crippen molar-refractivity contribution in [2.24, 2.45) is 0 Å². The lowest BCUT2D eigenvalue weighted by Crippen LogP contribution is -1.89. The summed E-state index contributed by atoms with van der Waals surface area (Å²) < 4.78 is 5.17. The van der Waals surface area contributed by atoms with Crippen LogP contribution in [0.4, 0.5) is 0 Å². The Balaban J connectivity index is 1.57. The molecule has 0 amide bonds. The molecule has 2 rings (SSSR count). The van der Waals surface area contributed by atoms with Crippen LogP contribution in [-0.2, 0) is 12.8 Å². The van der Waals surface area contributed by atoms with E-state index >= 15 is 0 Å². The molecule has 1 heteroatoms. The molecule has 0 aliphatic rings. The molecule has 0 spiro atoms. The van der Waals surface area contributed by atoms with Crippen molar-refractivity contribution in [2.45, 2.75) is 38.5 Å². The first-order valence-electron chi connectivity index (χ1n) is 7.55. The molecular formula is C19H24O. The highest BCUT2D eigenvalue weighted by Gasteiger charge is 1.96. The average Bonchev–Trinajstić information content (AvgIpc) is 2.52. The van der Waals surface area contributed by atoms with Gasteiger partial charge in [0.1, 0.15) is 5.75 Å². The minimum Gasteiger partial charge on any atom is -0.497 e. The second-order valence-electron chi connectivity index (χ2n) is 5.25. The first-order valence-corrected chi connectivity index (χ1v) is 7.55. The van der Waals surface area contributed by atoms with Crippen LogP contribution in [0.15, 0.2) is 54.6 Å². The van der Waals surface area contributed by atoms with Crippen LogP contribution in [0, 0.1) is 0 Å². The summed E-state index contributed by atoms with van der Waals surface area (Å²) in [7, 11) is 1.71. The Morgan fingerprint density at radius 1 is 0.650 bits per heavy atom. The highest BCUT2D eigenvalue weighted by molar-refractivity contribution is 5.27. The second-order valence-corrected chi connectivity index (χ2v) is 5.25. The predicted octanol–water partition coefficient (Wildman–Crippen LogP) is 5.04. The zero-order chi connectivity index (χ0) is 14.0. The van der Waals surface area contributed by atoms with Gasteiger partial charge in [-0.1, -0.05) is 55.3 Å². The van der Waals surface area contributed by atoms with E-state index in [1.54, 1.807) is 7.11 Å². The summed E-state index contributed by atoms with van der Waals surface area (Å²) in [4.78, 5) is 0. The van der Waals surface area contributed by atoms with Gasteiger partial charge in [0.05, 0.1) is 7.11 Å². The van der Waals surface area contributed by atoms with E-state index in [0.717, 1.165) is 5.75 Å². The zero-order valence-corrected chi connectivity index (χ0v) is 12.3. The molecule has 2 aromatic carbocycles. The third-order valence-electron chi connectivity index (χ3n) is 3.68. The van der Waals surface area contributed by atoms with Crippen LogP contribution in [0.1, 0.15) is 36.8 Å². The Morgan fingerprint density at radius 2 is 1.20 bits per heavy atom. The van der Waals surface area contributed by atoms with Crippen molar-refractivity contribution in [1.82, 2.24) is 0 Å². The predicted molar refractivity (Wildman–Crippen MR) is 85.3 cm³/mol. The molecule has 1 nitrogen and oxygen atoms in total. The largest absolute Gasteiger partial charge is 0.497 e. The Morgan fingerprint density at radius 3 is 1.75 bits per heavy atom. The summed E-state index contributed by atoms with van der Waals surface area (Å²) in [5.74, 6) is 0.941. The fraction of sp³-hybridized carbons (Fsp3) is 0.368. The molecule has 0 heterocycles. The van der Waals surface area contributed by atoms with Crippen molar-refractivity contribution in [2.75, 3.05) is 7.11 Å². The fourth-order valence-corrected chi connectivity index (χ4v) is 2.45. The molecule has 0 fully saturated rings. The van der Waals surface area contributed by atoms with Crippen LogP contribution in [-0.4, -0.2) is 7.11 Å². The number of hydrogen-bond donors (Lipinski definition) is 0. The summed E-state index contributed by atoms with van der Waals surface area (Å²) in [6.45, 7) is 0. The zero-order valence-electron chi connectivity index (χ0n) is 12.3. The molecule has 106 valence electrons. The van der Waals surface area contributed by atoms with E-state index in [4.69, 9.17) is 4.74 Å². The van der Waals surface area contributed by atoms with Gasteiger partial charge in [-0.05, 0) is 48.9 Å². The van der Waals surface area contributed by atoms with Gasteiger partial charge in [0.2, 0.25) is 0 Å². The van der Waals surface area contributed by atoms with Gasteiger partial charge in [-0.15, -0.1) is 0 Å². The van der Waals surface area contributed by atoms with E-state index in [1.807, 2.05) is 12.1 Å². The Labute approximate surface area is 122 Å². The highest BCUT2D eigenvalue weighted by Crippen LogP contribution is 2.14. The molecule has 0 saturated heterocycles. The molecule has 0 radical (unpaired) electrons. The third kappa shape index (κ3) is 5.08. The second kappa shape index (κ2) is 8.42. The number of rotatable bonds is 8. The molecule has 0 aliphatic carbocycles. The summed E-state index contributed by atoms with van der Waals surface area (Å²) in [6, 6.07) is 19.2. The number of unbranched alkanes of at least 4 members (excludes halogenated alkanes) is 3. The minimum absolute atomic E-state index is 0.941. The molecule has 0 bridgehead atoms. The number of ether oxygens (including phenoxy) is 1. The lowest BCUT2D eigenvalue weighted by atomic mass is 10.0. The first-order chi connectivity index (χ1) is 9.88. The van der Waals surface area contributed by atoms with Gasteiger partial charge in [0.15, 0.2) is 0 Å². The lowest BCUT2D eigenvalue weighted by molar-refractivity contribution is 0.414. The normalized spacial score (nSPS) is 10.4. The van der Waals surface area contributed by atoms with Crippen molar-refractivity contribution in [3.63, 3.8) is 0 Å². The van der Waals surface area contributed by atoms with E-state index in [1.165, 1.54) is 49.7 Å². The van der Waals surface area contributed by atoms with Gasteiger partial charge >= 0.3 is 0 Å². The van der Waals surface area contributed by atoms with E-state index in [0.29, 0.717) is 0 Å². The van der Waals surface area contributed by atoms with Crippen LogP contribution < -0.4 is 4.74 Å². The Bertz CT molecular complexity index is 473. The van der Waals surface area contributed by atoms with Gasteiger partial charge in [-0.25, -0.2) is 0 Å². The van der Waals surface area contributed by atoms with Gasteiger partial charge < -0.3 is 4.74 Å². The van der Waals surface area contributed by atoms with Gasteiger partial charge in [0, 0.05) is 0 Å². The van der Waals surface area contributed by atoms with E-state index in [-0.39, 0.29) is 0 Å². The summed E-state index contributed by atoms with van der Waals surface area (Å²) in [5.41, 5.74) is 2.87. The monoisotopic (exact) mass is 268 g/mol. The summed E-state index contributed by atoms with van der Waals surface area (Å²) in [6.07, 6.45) is 7.61. The summed E-state index contributed by atoms with van der Waals surface area (Å²) in [5, 5.41) is 0. The molecule has 0 aliphatic heterocycles. The molecule has 2 aromatic rings. The summed E-state index contributed by atoms with van der Waals surface area (Å²) >= 11 is 0. The maximum Gasteiger partial charge on any atom is 0.118 e. The molecule has 0 aromatic heterocycles. The van der Waals surface area contributed by atoms with Gasteiger partial charge in [0.25, 0.3) is 0 Å². The molecular weight excluding hydrogens is 244 g/mol. The standard InChI is InChI=1S/C19H24O/c1-20-19-15-13-18(14-16-19)12-6-3-2-5-9-17-10-7-4-8-11-17/h4,7-8,10-11,13-16H,2-3,5-6,9,12H2,1H3. The molecule has 20 heavy (non-hydrogen) atoms. The van der Waals surface area contributed by atoms with Crippen LogP contribution >= 0.6 is 0 Å². The lowest BCUT2D eigenvalue weighted by Gasteiger charge is -2.04. The number of benzene rings is 2. The van der Waals surface area contributed by atoms with Crippen molar-refractivity contribution >= 4 is 0 Å². The molecule has 0 N–H and O–H groups in total. The van der Waals surface area contributed by atoms with Gasteiger partial charge in [-0.2, -0.15) is 0 Å². The average molecular weight is 268 g/mol. The molecule has 0 saturated carbocycles. The fourth-order valence-electron chi connectivity index (χ4n) is 2.45. The van der Waals surface area contributed by atoms with E-state index in [9.17, 15) is 0 Å². The topological polar surface area (TPSA) is 9.23 Å². The SMILES string of the molecule is COc1ccc(CCCCCCc2ccccc2)cc1. The van der Waals surface area contributed by atoms with Crippen LogP contribution in [0.3, 0.4) is 0 Å². The maximum absolute atomic E-state index is 5.17. The van der Waals surface area contributed by atoms with Crippen molar-refractivity contribution < 1.29 is 4.74 Å². The maximum atomic E-state index is 5.17.